The van der Waals surface area contributed by atoms with E-state index in [0.29, 0.717) is 48.4 Å². The van der Waals surface area contributed by atoms with E-state index in [2.05, 4.69) is 54.0 Å². The van der Waals surface area contributed by atoms with Crippen LogP contribution in [0.3, 0.4) is 0 Å². The quantitative estimate of drug-likeness (QED) is 0.284. The first-order chi connectivity index (χ1) is 20.2. The number of hydrogen-bond acceptors (Lipinski definition) is 5. The van der Waals surface area contributed by atoms with E-state index in [0.717, 1.165) is 71.3 Å². The van der Waals surface area contributed by atoms with Crippen molar-refractivity contribution < 1.29 is 14.1 Å². The molecule has 0 N–H and O–H groups in total. The summed E-state index contributed by atoms with van der Waals surface area (Å²) in [5.41, 5.74) is 6.23. The average molecular weight is 719 g/mol. The lowest BCUT2D eigenvalue weighted by Crippen LogP contribution is -2.43. The second-order valence-electron chi connectivity index (χ2n) is 12.0. The third-order valence-corrected chi connectivity index (χ3v) is 10.7. The van der Waals surface area contributed by atoms with Crippen LogP contribution in [-0.4, -0.2) is 57.9 Å². The van der Waals surface area contributed by atoms with Crippen molar-refractivity contribution in [2.24, 2.45) is 11.8 Å². The molecule has 10 heteroatoms. The fourth-order valence-electron chi connectivity index (χ4n) is 7.18. The lowest BCUT2D eigenvalue weighted by Gasteiger charge is -2.38. The number of hydrogen-bond donors (Lipinski definition) is 0. The van der Waals surface area contributed by atoms with E-state index in [1.807, 2.05) is 17.2 Å². The van der Waals surface area contributed by atoms with Gasteiger partial charge in [0.25, 0.3) is 5.91 Å². The molecule has 2 saturated heterocycles. The zero-order valence-electron chi connectivity index (χ0n) is 24.0. The van der Waals surface area contributed by atoms with Gasteiger partial charge in [0.05, 0.1) is 11.4 Å². The Balaban J connectivity index is 1.09. The van der Waals surface area contributed by atoms with Crippen molar-refractivity contribution in [1.29, 1.82) is 0 Å². The Morgan fingerprint density at radius 2 is 1.67 bits per heavy atom. The van der Waals surface area contributed by atoms with E-state index in [1.165, 1.54) is 16.7 Å². The van der Waals surface area contributed by atoms with Crippen molar-refractivity contribution in [1.82, 2.24) is 19.9 Å². The van der Waals surface area contributed by atoms with Gasteiger partial charge in [-0.15, -0.1) is 0 Å². The van der Waals surface area contributed by atoms with Gasteiger partial charge in [0.15, 0.2) is 0 Å². The number of carbonyl (C=O) groups is 2. The predicted octanol–water partition coefficient (Wildman–Crippen LogP) is 7.28. The Kier molecular flexibility index (Phi) is 8.81. The fourth-order valence-corrected chi connectivity index (χ4v) is 8.67. The second kappa shape index (κ2) is 12.4. The number of rotatable bonds is 4. The highest BCUT2D eigenvalue weighted by molar-refractivity contribution is 9.10. The molecule has 222 valence electrons. The van der Waals surface area contributed by atoms with Gasteiger partial charge in [-0.2, -0.15) is 0 Å². The molecule has 0 bridgehead atoms. The molecule has 2 fully saturated rings. The van der Waals surface area contributed by atoms with Gasteiger partial charge in [0.1, 0.15) is 11.3 Å². The normalized spacial score (nSPS) is 19.8. The molecular weight excluding hydrogens is 684 g/mol. The molecular formula is C32H35Br2ClN4O3. The molecule has 1 aliphatic carbocycles. The topological polar surface area (TPSA) is 79.5 Å². The molecule has 7 nitrogen and oxygen atoms in total. The minimum absolute atomic E-state index is 0.0180. The Labute approximate surface area is 268 Å². The van der Waals surface area contributed by atoms with Gasteiger partial charge >= 0.3 is 0 Å². The highest BCUT2D eigenvalue weighted by atomic mass is 79.9. The molecule has 42 heavy (non-hydrogen) atoms. The highest BCUT2D eigenvalue weighted by Crippen LogP contribution is 2.46. The van der Waals surface area contributed by atoms with Gasteiger partial charge in [-0.3, -0.25) is 14.6 Å². The second-order valence-corrected chi connectivity index (χ2v) is 14.2. The van der Waals surface area contributed by atoms with E-state index in [1.54, 1.807) is 13.8 Å². The van der Waals surface area contributed by atoms with Crippen molar-refractivity contribution in [2.45, 2.75) is 64.7 Å². The van der Waals surface area contributed by atoms with Gasteiger partial charge in [0, 0.05) is 58.7 Å². The molecule has 1 aromatic carbocycles. The molecule has 0 saturated carbocycles. The van der Waals surface area contributed by atoms with Crippen molar-refractivity contribution in [3.05, 3.63) is 77.8 Å². The summed E-state index contributed by atoms with van der Waals surface area (Å²) in [7, 11) is 0. The van der Waals surface area contributed by atoms with Gasteiger partial charge < -0.3 is 14.3 Å². The Morgan fingerprint density at radius 1 is 0.976 bits per heavy atom. The lowest BCUT2D eigenvalue weighted by atomic mass is 9.76. The van der Waals surface area contributed by atoms with Crippen molar-refractivity contribution in [3.63, 3.8) is 0 Å². The van der Waals surface area contributed by atoms with Crippen LogP contribution in [0.25, 0.3) is 0 Å². The van der Waals surface area contributed by atoms with Gasteiger partial charge in [-0.25, -0.2) is 0 Å². The number of likely N-dealkylation sites (tertiary alicyclic amines) is 2. The van der Waals surface area contributed by atoms with Crippen LogP contribution < -0.4 is 0 Å². The monoisotopic (exact) mass is 716 g/mol. The zero-order valence-corrected chi connectivity index (χ0v) is 27.9. The molecule has 3 aliphatic rings. The van der Waals surface area contributed by atoms with Gasteiger partial charge in [-0.05, 0) is 115 Å². The number of benzene rings is 1. The molecule has 0 unspecified atom stereocenters. The summed E-state index contributed by atoms with van der Waals surface area (Å²) in [6.07, 6.45) is 7.86. The summed E-state index contributed by atoms with van der Waals surface area (Å²) in [5.74, 6) is 1.63. The molecule has 4 heterocycles. The molecule has 3 aromatic rings. The number of fused-ring (bicyclic) bond motifs is 2. The maximum atomic E-state index is 13.4. The Morgan fingerprint density at radius 3 is 2.36 bits per heavy atom. The standard InChI is InChI=1S/C32H35Br2ClN4O3/c1-18-28(19(2)42-37-18)32(41)39-9-5-20(6-10-39)13-27(40)38-11-7-21(8-12-38)30-29-22(15-25(35)16-26(29)34)3-4-23-14-24(33)17-36-31(23)30/h14-17,20-21,30H,3-13H2,1-2H3/t30-/m1/s1. The zero-order chi connectivity index (χ0) is 29.5. The number of aryl methyl sites for hydroxylation is 4. The molecule has 2 aliphatic heterocycles. The maximum absolute atomic E-state index is 13.4. The van der Waals surface area contributed by atoms with Crippen LogP contribution in [-0.2, 0) is 17.6 Å². The van der Waals surface area contributed by atoms with Crippen LogP contribution in [0.5, 0.6) is 0 Å². The highest BCUT2D eigenvalue weighted by Gasteiger charge is 2.37. The Bertz CT molecular complexity index is 1490. The summed E-state index contributed by atoms with van der Waals surface area (Å²) < 4.78 is 7.24. The first-order valence-electron chi connectivity index (χ1n) is 14.8. The molecule has 2 aromatic heterocycles. The summed E-state index contributed by atoms with van der Waals surface area (Å²) in [6.45, 7) is 6.41. The van der Waals surface area contributed by atoms with E-state index in [9.17, 15) is 9.59 Å². The minimum atomic E-state index is -0.0180. The first-order valence-corrected chi connectivity index (χ1v) is 16.8. The van der Waals surface area contributed by atoms with Gasteiger partial charge in [-0.1, -0.05) is 32.7 Å². The average Bonchev–Trinajstić information content (AvgIpc) is 3.22. The van der Waals surface area contributed by atoms with Crippen LogP contribution in [0.4, 0.5) is 0 Å². The molecule has 2 amide bonds. The van der Waals surface area contributed by atoms with Crippen molar-refractivity contribution in [3.8, 4) is 0 Å². The number of amides is 2. The SMILES string of the molecule is Cc1noc(C)c1C(=O)N1CCC(CC(=O)N2CCC([C@H]3c4ncc(Br)cc4CCc4cc(Cl)cc(Br)c43)CC2)CC1. The Hall–Kier alpha value is -2.23. The van der Waals surface area contributed by atoms with Crippen LogP contribution in [0.1, 0.15) is 82.2 Å². The van der Waals surface area contributed by atoms with Crippen LogP contribution >= 0.6 is 43.5 Å². The van der Waals surface area contributed by atoms with Crippen molar-refractivity contribution >= 4 is 55.3 Å². The maximum Gasteiger partial charge on any atom is 0.259 e. The van der Waals surface area contributed by atoms with E-state index >= 15 is 0 Å². The number of nitrogens with zero attached hydrogens (tertiary/aromatic N) is 4. The fraction of sp³-hybridized carbons (Fsp3) is 0.500. The van der Waals surface area contributed by atoms with Crippen molar-refractivity contribution in [2.75, 3.05) is 26.2 Å². The predicted molar refractivity (Wildman–Crippen MR) is 169 cm³/mol. The van der Waals surface area contributed by atoms with Gasteiger partial charge in [0.2, 0.25) is 5.91 Å². The number of carbonyl (C=O) groups excluding carboxylic acids is 2. The van der Waals surface area contributed by atoms with Crippen LogP contribution in [0, 0.1) is 25.7 Å². The van der Waals surface area contributed by atoms with E-state index < -0.39 is 0 Å². The van der Waals surface area contributed by atoms with Crippen LogP contribution in [0.15, 0.2) is 37.9 Å². The lowest BCUT2D eigenvalue weighted by molar-refractivity contribution is -0.134. The summed E-state index contributed by atoms with van der Waals surface area (Å²) in [4.78, 5) is 35.3. The number of piperidine rings is 2. The summed E-state index contributed by atoms with van der Waals surface area (Å²) >= 11 is 13.9. The summed E-state index contributed by atoms with van der Waals surface area (Å²) in [6, 6.07) is 6.33. The molecule has 0 spiro atoms. The molecule has 1 atom stereocenters. The number of halogens is 3. The number of pyridine rings is 1. The smallest absolute Gasteiger partial charge is 0.259 e. The third-order valence-electron chi connectivity index (χ3n) is 9.39. The summed E-state index contributed by atoms with van der Waals surface area (Å²) in [5, 5.41) is 4.67. The molecule has 0 radical (unpaired) electrons. The van der Waals surface area contributed by atoms with E-state index in [4.69, 9.17) is 21.1 Å². The minimum Gasteiger partial charge on any atom is -0.361 e. The van der Waals surface area contributed by atoms with Crippen LogP contribution in [0.2, 0.25) is 5.02 Å². The third kappa shape index (κ3) is 5.93. The largest absolute Gasteiger partial charge is 0.361 e. The number of aromatic nitrogens is 2. The molecule has 6 rings (SSSR count). The first kappa shape index (κ1) is 29.8. The van der Waals surface area contributed by atoms with E-state index in [-0.39, 0.29) is 17.7 Å².